The van der Waals surface area contributed by atoms with Gasteiger partial charge in [-0.2, -0.15) is 0 Å². The van der Waals surface area contributed by atoms with E-state index < -0.39 is 18.1 Å². The fourth-order valence-corrected chi connectivity index (χ4v) is 5.05. The molecule has 1 atom stereocenters. The average molecular weight is 495 g/mol. The Morgan fingerprint density at radius 2 is 1.41 bits per heavy atom. The molecule has 5 rings (SSSR count). The van der Waals surface area contributed by atoms with E-state index in [1.807, 2.05) is 30.3 Å². The van der Waals surface area contributed by atoms with E-state index in [0.717, 1.165) is 31.5 Å². The van der Waals surface area contributed by atoms with Gasteiger partial charge in [-0.05, 0) is 46.2 Å². The van der Waals surface area contributed by atoms with Crippen molar-refractivity contribution < 1.29 is 19.4 Å². The third-order valence-corrected chi connectivity index (χ3v) is 6.96. The summed E-state index contributed by atoms with van der Waals surface area (Å²) in [6.07, 6.45) is 5.30. The maximum Gasteiger partial charge on any atom is 0.408 e. The lowest BCUT2D eigenvalue weighted by Crippen LogP contribution is -2.49. The highest BCUT2D eigenvalue weighted by molar-refractivity contribution is 5.95. The summed E-state index contributed by atoms with van der Waals surface area (Å²) in [5.41, 5.74) is 8.38. The topological polar surface area (TPSA) is 78.9 Å². The van der Waals surface area contributed by atoms with Crippen LogP contribution >= 0.6 is 0 Å². The molecule has 0 bridgehead atoms. The summed E-state index contributed by atoms with van der Waals surface area (Å²) in [6.45, 7) is 1.77. The summed E-state index contributed by atoms with van der Waals surface area (Å²) >= 11 is 0. The molecular weight excluding hydrogens is 464 g/mol. The smallest absolute Gasteiger partial charge is 0.408 e. The zero-order valence-corrected chi connectivity index (χ0v) is 20.6. The summed E-state index contributed by atoms with van der Waals surface area (Å²) in [5, 5.41) is 12.3. The lowest BCUT2D eigenvalue weighted by atomic mass is 9.86. The summed E-state index contributed by atoms with van der Waals surface area (Å²) in [4.78, 5) is 26.3. The first kappa shape index (κ1) is 24.5. The standard InChI is InChI=1S/C31H30N2O4/c34-30(35)28(32-31(36)37-21-22-8-2-1-3-9-22)20-33-18-16-25(17-19-33)29-26-12-6-4-10-23(26)14-15-24-11-5-7-13-27(24)29/h1-15,28H,16-21H2,(H,32,36)(H,34,35)/t28-/m0/s1. The molecule has 0 saturated carbocycles. The van der Waals surface area contributed by atoms with Crippen molar-refractivity contribution >= 4 is 29.8 Å². The van der Waals surface area contributed by atoms with Gasteiger partial charge in [0, 0.05) is 19.6 Å². The van der Waals surface area contributed by atoms with Gasteiger partial charge in [-0.25, -0.2) is 9.59 Å². The number of piperidine rings is 1. The van der Waals surface area contributed by atoms with E-state index in [1.165, 1.54) is 33.4 Å². The van der Waals surface area contributed by atoms with Crippen molar-refractivity contribution in [2.45, 2.75) is 25.5 Å². The largest absolute Gasteiger partial charge is 0.480 e. The SMILES string of the molecule is O=C(N[C@@H](CN1CCC(=C2c3ccccc3C=Cc3ccccc32)CC1)C(=O)O)OCc1ccccc1. The second kappa shape index (κ2) is 11.3. The number of carboxylic acid groups (broad SMARTS) is 1. The van der Waals surface area contributed by atoms with Crippen LogP contribution in [0, 0.1) is 0 Å². The van der Waals surface area contributed by atoms with Crippen LogP contribution in [-0.2, 0) is 16.1 Å². The Morgan fingerprint density at radius 1 is 0.838 bits per heavy atom. The molecule has 6 heteroatoms. The number of amides is 1. The molecule has 0 spiro atoms. The van der Waals surface area contributed by atoms with Crippen LogP contribution in [0.5, 0.6) is 0 Å². The van der Waals surface area contributed by atoms with E-state index in [9.17, 15) is 14.7 Å². The van der Waals surface area contributed by atoms with Crippen LogP contribution in [0.1, 0.15) is 40.7 Å². The maximum absolute atomic E-state index is 12.3. The van der Waals surface area contributed by atoms with E-state index in [0.29, 0.717) is 0 Å². The molecule has 188 valence electrons. The number of nitrogens with one attached hydrogen (secondary N) is 1. The highest BCUT2D eigenvalue weighted by atomic mass is 16.5. The number of ether oxygens (including phenoxy) is 1. The molecule has 1 fully saturated rings. The van der Waals surface area contributed by atoms with Gasteiger partial charge in [-0.15, -0.1) is 0 Å². The van der Waals surface area contributed by atoms with Crippen LogP contribution in [-0.4, -0.2) is 47.7 Å². The number of benzene rings is 3. The number of hydrogen-bond donors (Lipinski definition) is 2. The number of carboxylic acids is 1. The summed E-state index contributed by atoms with van der Waals surface area (Å²) in [7, 11) is 0. The number of likely N-dealkylation sites (tertiary alicyclic amines) is 1. The molecule has 0 unspecified atom stereocenters. The molecular formula is C31H30N2O4. The molecule has 1 aliphatic carbocycles. The van der Waals surface area contributed by atoms with Crippen LogP contribution < -0.4 is 5.32 Å². The molecule has 2 N–H and O–H groups in total. The number of fused-ring (bicyclic) bond motifs is 2. The van der Waals surface area contributed by atoms with Crippen LogP contribution in [0.25, 0.3) is 17.7 Å². The maximum atomic E-state index is 12.3. The highest BCUT2D eigenvalue weighted by Crippen LogP contribution is 2.38. The van der Waals surface area contributed by atoms with Crippen molar-refractivity contribution in [1.82, 2.24) is 10.2 Å². The third-order valence-electron chi connectivity index (χ3n) is 6.96. The highest BCUT2D eigenvalue weighted by Gasteiger charge is 2.27. The van der Waals surface area contributed by atoms with E-state index in [4.69, 9.17) is 4.74 Å². The van der Waals surface area contributed by atoms with Gasteiger partial charge in [-0.1, -0.05) is 96.6 Å². The molecule has 1 amide bonds. The Bertz CT molecular complexity index is 1280. The molecule has 6 nitrogen and oxygen atoms in total. The molecule has 3 aromatic carbocycles. The number of alkyl carbamates (subject to hydrolysis) is 1. The molecule has 37 heavy (non-hydrogen) atoms. The lowest BCUT2D eigenvalue weighted by Gasteiger charge is -2.32. The zero-order valence-electron chi connectivity index (χ0n) is 20.6. The second-order valence-corrected chi connectivity index (χ2v) is 9.38. The first-order valence-electron chi connectivity index (χ1n) is 12.6. The summed E-state index contributed by atoms with van der Waals surface area (Å²) in [5.74, 6) is -1.07. The molecule has 3 aromatic rings. The Balaban J connectivity index is 1.26. The van der Waals surface area contributed by atoms with E-state index in [-0.39, 0.29) is 13.2 Å². The Kier molecular flexibility index (Phi) is 7.47. The van der Waals surface area contributed by atoms with Gasteiger partial charge >= 0.3 is 12.1 Å². The first-order chi connectivity index (χ1) is 18.1. The fraction of sp³-hybridized carbons (Fsp3) is 0.226. The van der Waals surface area contributed by atoms with Gasteiger partial charge < -0.3 is 20.1 Å². The van der Waals surface area contributed by atoms with Crippen LogP contribution in [0.15, 0.2) is 84.4 Å². The average Bonchev–Trinajstić information content (AvgIpc) is 3.09. The van der Waals surface area contributed by atoms with Gasteiger partial charge in [-0.3, -0.25) is 0 Å². The number of nitrogens with zero attached hydrogens (tertiary/aromatic N) is 1. The number of carbonyl (C=O) groups is 2. The fourth-order valence-electron chi connectivity index (χ4n) is 5.05. The number of hydrogen-bond acceptors (Lipinski definition) is 4. The summed E-state index contributed by atoms with van der Waals surface area (Å²) < 4.78 is 5.23. The summed E-state index contributed by atoms with van der Waals surface area (Å²) in [6, 6.07) is 25.2. The third kappa shape index (κ3) is 5.81. The molecule has 1 saturated heterocycles. The van der Waals surface area contributed by atoms with Crippen molar-refractivity contribution in [3.63, 3.8) is 0 Å². The molecule has 1 aliphatic heterocycles. The zero-order chi connectivity index (χ0) is 25.6. The van der Waals surface area contributed by atoms with Crippen LogP contribution in [0.3, 0.4) is 0 Å². The minimum atomic E-state index is -1.07. The minimum absolute atomic E-state index is 0.0947. The Hall–Kier alpha value is -4.16. The first-order valence-corrected chi connectivity index (χ1v) is 12.6. The molecule has 0 radical (unpaired) electrons. The lowest BCUT2D eigenvalue weighted by molar-refractivity contribution is -0.139. The normalized spacial score (nSPS) is 15.8. The molecule has 2 aliphatic rings. The number of aliphatic carboxylic acids is 1. The predicted molar refractivity (Wildman–Crippen MR) is 145 cm³/mol. The Labute approximate surface area is 216 Å². The molecule has 0 aromatic heterocycles. The van der Waals surface area contributed by atoms with Crippen molar-refractivity contribution in [2.24, 2.45) is 0 Å². The van der Waals surface area contributed by atoms with Gasteiger partial charge in [0.15, 0.2) is 0 Å². The quantitative estimate of drug-likeness (QED) is 0.373. The predicted octanol–water partition coefficient (Wildman–Crippen LogP) is 5.45. The van der Waals surface area contributed by atoms with E-state index >= 15 is 0 Å². The van der Waals surface area contributed by atoms with Gasteiger partial charge in [0.1, 0.15) is 12.6 Å². The van der Waals surface area contributed by atoms with Crippen molar-refractivity contribution in [1.29, 1.82) is 0 Å². The van der Waals surface area contributed by atoms with E-state index in [1.54, 1.807) is 0 Å². The molecule has 1 heterocycles. The van der Waals surface area contributed by atoms with Crippen LogP contribution in [0.2, 0.25) is 0 Å². The Morgan fingerprint density at radius 3 is 2.00 bits per heavy atom. The van der Waals surface area contributed by atoms with Gasteiger partial charge in [0.05, 0.1) is 0 Å². The number of rotatable bonds is 6. The number of carbonyl (C=O) groups excluding carboxylic acids is 1. The van der Waals surface area contributed by atoms with Crippen molar-refractivity contribution in [2.75, 3.05) is 19.6 Å². The van der Waals surface area contributed by atoms with Crippen molar-refractivity contribution in [3.05, 3.63) is 112 Å². The minimum Gasteiger partial charge on any atom is -0.480 e. The van der Waals surface area contributed by atoms with Gasteiger partial charge in [0.2, 0.25) is 0 Å². The van der Waals surface area contributed by atoms with Crippen LogP contribution in [0.4, 0.5) is 4.79 Å². The van der Waals surface area contributed by atoms with Gasteiger partial charge in [0.25, 0.3) is 0 Å². The monoisotopic (exact) mass is 494 g/mol. The van der Waals surface area contributed by atoms with E-state index in [2.05, 4.69) is 70.9 Å². The second-order valence-electron chi connectivity index (χ2n) is 9.38. The van der Waals surface area contributed by atoms with Crippen molar-refractivity contribution in [3.8, 4) is 0 Å².